The summed E-state index contributed by atoms with van der Waals surface area (Å²) < 4.78 is 6.38. The minimum atomic E-state index is -0.745. The molecule has 168 valence electrons. The van der Waals surface area contributed by atoms with Gasteiger partial charge in [-0.25, -0.2) is 4.79 Å². The number of nitrogens with zero attached hydrogens (tertiary/aromatic N) is 2. The highest BCUT2D eigenvalue weighted by atomic mass is 16.5. The van der Waals surface area contributed by atoms with Crippen LogP contribution in [-0.4, -0.2) is 34.6 Å². The molecule has 0 radical (unpaired) electrons. The van der Waals surface area contributed by atoms with Crippen LogP contribution in [0.1, 0.15) is 44.2 Å². The largest absolute Gasteiger partial charge is 0.455 e. The molecular formula is C22H30N4O5. The van der Waals surface area contributed by atoms with Crippen molar-refractivity contribution < 1.29 is 14.3 Å². The van der Waals surface area contributed by atoms with E-state index in [2.05, 4.69) is 4.98 Å². The van der Waals surface area contributed by atoms with Crippen molar-refractivity contribution in [2.45, 2.75) is 53.0 Å². The third-order valence-electron chi connectivity index (χ3n) is 4.79. The first-order chi connectivity index (χ1) is 14.8. The molecule has 3 N–H and O–H groups in total. The standard InChI is InChI=1S/C22H30N4O5/c1-4-6-12-25(19-20(23)26(11-5-2)22(30)24-21(19)29)17(27)14-31-18(28)13-16-9-7-15(3)8-10-16/h7-10H,4-6,11-14,23H2,1-3H3,(H,24,29,30). The molecule has 9 heteroatoms. The Hall–Kier alpha value is -3.36. The van der Waals surface area contributed by atoms with Gasteiger partial charge in [0.25, 0.3) is 11.5 Å². The Labute approximate surface area is 180 Å². The van der Waals surface area contributed by atoms with Gasteiger partial charge in [0.2, 0.25) is 0 Å². The number of aromatic amines is 1. The molecular weight excluding hydrogens is 400 g/mol. The molecule has 0 bridgehead atoms. The number of carbonyl (C=O) groups is 2. The summed E-state index contributed by atoms with van der Waals surface area (Å²) >= 11 is 0. The van der Waals surface area contributed by atoms with Crippen molar-refractivity contribution in [1.29, 1.82) is 0 Å². The molecule has 2 aromatic rings. The number of aryl methyl sites for hydroxylation is 1. The molecule has 0 fully saturated rings. The van der Waals surface area contributed by atoms with Gasteiger partial charge in [-0.2, -0.15) is 0 Å². The van der Waals surface area contributed by atoms with Gasteiger partial charge in [-0.3, -0.25) is 23.9 Å². The van der Waals surface area contributed by atoms with Gasteiger partial charge in [-0.15, -0.1) is 0 Å². The Bertz CT molecular complexity index is 1020. The third kappa shape index (κ3) is 6.31. The van der Waals surface area contributed by atoms with Gasteiger partial charge in [0.05, 0.1) is 6.42 Å². The van der Waals surface area contributed by atoms with Crippen LogP contribution >= 0.6 is 0 Å². The van der Waals surface area contributed by atoms with E-state index in [9.17, 15) is 19.2 Å². The number of nitrogen functional groups attached to an aromatic ring is 1. The Balaban J connectivity index is 2.20. The smallest absolute Gasteiger partial charge is 0.330 e. The van der Waals surface area contributed by atoms with Gasteiger partial charge < -0.3 is 15.4 Å². The SMILES string of the molecule is CCCCN(C(=O)COC(=O)Cc1ccc(C)cc1)c1c(N)n(CCC)c(=O)[nH]c1=O. The number of hydrogen-bond acceptors (Lipinski definition) is 6. The topological polar surface area (TPSA) is 127 Å². The lowest BCUT2D eigenvalue weighted by atomic mass is 10.1. The van der Waals surface area contributed by atoms with E-state index in [4.69, 9.17) is 10.5 Å². The highest BCUT2D eigenvalue weighted by molar-refractivity contribution is 5.97. The second-order valence-corrected chi connectivity index (χ2v) is 7.37. The molecule has 0 aliphatic carbocycles. The Kier molecular flexibility index (Phi) is 8.60. The number of nitrogens with one attached hydrogen (secondary N) is 1. The van der Waals surface area contributed by atoms with Crippen molar-refractivity contribution in [2.24, 2.45) is 0 Å². The van der Waals surface area contributed by atoms with Crippen molar-refractivity contribution in [3.05, 3.63) is 56.2 Å². The van der Waals surface area contributed by atoms with E-state index in [0.717, 1.165) is 17.5 Å². The van der Waals surface area contributed by atoms with E-state index in [1.165, 1.54) is 9.47 Å². The van der Waals surface area contributed by atoms with Crippen molar-refractivity contribution in [3.8, 4) is 0 Å². The van der Waals surface area contributed by atoms with E-state index in [1.54, 1.807) is 0 Å². The van der Waals surface area contributed by atoms with Gasteiger partial charge in [0, 0.05) is 13.1 Å². The molecule has 2 rings (SSSR count). The summed E-state index contributed by atoms with van der Waals surface area (Å²) in [5.41, 5.74) is 6.48. The second kappa shape index (κ2) is 11.1. The number of esters is 1. The summed E-state index contributed by atoms with van der Waals surface area (Å²) in [4.78, 5) is 53.0. The highest BCUT2D eigenvalue weighted by Crippen LogP contribution is 2.18. The molecule has 9 nitrogen and oxygen atoms in total. The first-order valence-corrected chi connectivity index (χ1v) is 10.4. The zero-order valence-electron chi connectivity index (χ0n) is 18.3. The van der Waals surface area contributed by atoms with Crippen LogP contribution in [0.15, 0.2) is 33.9 Å². The molecule has 0 atom stereocenters. The normalized spacial score (nSPS) is 10.7. The Morgan fingerprint density at radius 3 is 2.42 bits per heavy atom. The number of hydrogen-bond donors (Lipinski definition) is 2. The molecule has 1 aromatic carbocycles. The quantitative estimate of drug-likeness (QED) is 0.553. The van der Waals surface area contributed by atoms with Gasteiger partial charge >= 0.3 is 11.7 Å². The number of benzene rings is 1. The van der Waals surface area contributed by atoms with Gasteiger partial charge in [-0.05, 0) is 25.3 Å². The number of unbranched alkanes of at least 4 members (excludes halogenated alkanes) is 1. The van der Waals surface area contributed by atoms with Crippen molar-refractivity contribution in [1.82, 2.24) is 9.55 Å². The first kappa shape index (κ1) is 23.9. The maximum atomic E-state index is 12.9. The van der Waals surface area contributed by atoms with Gasteiger partial charge in [0.15, 0.2) is 12.3 Å². The predicted molar refractivity (Wildman–Crippen MR) is 119 cm³/mol. The van der Waals surface area contributed by atoms with E-state index >= 15 is 0 Å². The fourth-order valence-electron chi connectivity index (χ4n) is 3.11. The molecule has 1 amide bonds. The predicted octanol–water partition coefficient (Wildman–Crippen LogP) is 1.76. The number of aromatic nitrogens is 2. The van der Waals surface area contributed by atoms with E-state index in [1.807, 2.05) is 45.0 Å². The summed E-state index contributed by atoms with van der Waals surface area (Å²) in [7, 11) is 0. The summed E-state index contributed by atoms with van der Waals surface area (Å²) in [6.07, 6.45) is 2.03. The van der Waals surface area contributed by atoms with Crippen LogP contribution in [0.2, 0.25) is 0 Å². The van der Waals surface area contributed by atoms with Gasteiger partial charge in [0.1, 0.15) is 5.82 Å². The maximum Gasteiger partial charge on any atom is 0.330 e. The number of H-pyrrole nitrogens is 1. The van der Waals surface area contributed by atoms with E-state index < -0.39 is 29.7 Å². The fourth-order valence-corrected chi connectivity index (χ4v) is 3.11. The number of nitrogens with two attached hydrogens (primary N) is 1. The molecule has 0 unspecified atom stereocenters. The zero-order valence-corrected chi connectivity index (χ0v) is 18.3. The van der Waals surface area contributed by atoms with Crippen LogP contribution in [0, 0.1) is 6.92 Å². The van der Waals surface area contributed by atoms with Gasteiger partial charge in [-0.1, -0.05) is 50.1 Å². The summed E-state index contributed by atoms with van der Waals surface area (Å²) in [6.45, 7) is 5.74. The molecule has 1 heterocycles. The number of carbonyl (C=O) groups excluding carboxylic acids is 2. The van der Waals surface area contributed by atoms with Crippen molar-refractivity contribution in [3.63, 3.8) is 0 Å². The van der Waals surface area contributed by atoms with E-state index in [-0.39, 0.29) is 24.5 Å². The Morgan fingerprint density at radius 1 is 1.13 bits per heavy atom. The minimum Gasteiger partial charge on any atom is -0.455 e. The second-order valence-electron chi connectivity index (χ2n) is 7.37. The van der Waals surface area contributed by atoms with E-state index in [0.29, 0.717) is 19.4 Å². The van der Waals surface area contributed by atoms with Crippen LogP contribution in [0.3, 0.4) is 0 Å². The van der Waals surface area contributed by atoms with Crippen LogP contribution in [-0.2, 0) is 27.3 Å². The molecule has 0 saturated carbocycles. The number of rotatable bonds is 10. The number of anilines is 2. The Morgan fingerprint density at radius 2 is 1.81 bits per heavy atom. The monoisotopic (exact) mass is 430 g/mol. The maximum absolute atomic E-state index is 12.9. The molecule has 0 saturated heterocycles. The number of ether oxygens (including phenoxy) is 1. The molecule has 0 aliphatic rings. The number of amides is 1. The molecule has 31 heavy (non-hydrogen) atoms. The first-order valence-electron chi connectivity index (χ1n) is 10.4. The average Bonchev–Trinajstić information content (AvgIpc) is 2.73. The fraction of sp³-hybridized carbons (Fsp3) is 0.455. The van der Waals surface area contributed by atoms with Crippen LogP contribution in [0.5, 0.6) is 0 Å². The van der Waals surface area contributed by atoms with Crippen LogP contribution in [0.25, 0.3) is 0 Å². The molecule has 1 aromatic heterocycles. The van der Waals surface area contributed by atoms with Crippen molar-refractivity contribution >= 4 is 23.4 Å². The average molecular weight is 431 g/mol. The summed E-state index contributed by atoms with van der Waals surface area (Å²) in [6, 6.07) is 7.42. The summed E-state index contributed by atoms with van der Waals surface area (Å²) in [5, 5.41) is 0. The molecule has 0 spiro atoms. The zero-order chi connectivity index (χ0) is 23.0. The highest BCUT2D eigenvalue weighted by Gasteiger charge is 2.24. The van der Waals surface area contributed by atoms with Crippen molar-refractivity contribution in [2.75, 3.05) is 23.8 Å². The lowest BCUT2D eigenvalue weighted by Crippen LogP contribution is -2.43. The lowest BCUT2D eigenvalue weighted by molar-refractivity contribution is -0.147. The summed E-state index contributed by atoms with van der Waals surface area (Å²) in [5.74, 6) is -1.21. The lowest BCUT2D eigenvalue weighted by Gasteiger charge is -2.24. The van der Waals surface area contributed by atoms with Crippen LogP contribution in [0.4, 0.5) is 11.5 Å². The third-order valence-corrected chi connectivity index (χ3v) is 4.79. The molecule has 0 aliphatic heterocycles. The minimum absolute atomic E-state index is 0.0343. The van der Waals surface area contributed by atoms with Crippen LogP contribution < -0.4 is 21.9 Å².